The molecule has 26 heavy (non-hydrogen) atoms. The van der Waals surface area contributed by atoms with E-state index in [1.165, 1.54) is 0 Å². The largest absolute Gasteiger partial charge is 0.484 e. The summed E-state index contributed by atoms with van der Waals surface area (Å²) in [5.74, 6) is -0.382. The SMILES string of the molecule is CCOC(=O)C1CCN(C(=O)CNC(=O)COc2ccc(Cl)cc2)CC1. The Morgan fingerprint density at radius 1 is 1.19 bits per heavy atom. The molecule has 0 aromatic heterocycles. The molecule has 142 valence electrons. The molecule has 0 saturated carbocycles. The minimum absolute atomic E-state index is 0.0904. The van der Waals surface area contributed by atoms with Gasteiger partial charge < -0.3 is 19.7 Å². The van der Waals surface area contributed by atoms with Crippen molar-refractivity contribution < 1.29 is 23.9 Å². The summed E-state index contributed by atoms with van der Waals surface area (Å²) in [6.45, 7) is 2.84. The van der Waals surface area contributed by atoms with Crippen molar-refractivity contribution in [1.82, 2.24) is 10.2 Å². The van der Waals surface area contributed by atoms with Crippen LogP contribution in [0.2, 0.25) is 5.02 Å². The van der Waals surface area contributed by atoms with Crippen molar-refractivity contribution in [3.8, 4) is 5.75 Å². The number of hydrogen-bond acceptors (Lipinski definition) is 5. The first-order valence-corrected chi connectivity index (χ1v) is 8.97. The van der Waals surface area contributed by atoms with Crippen LogP contribution in [0.4, 0.5) is 0 Å². The highest BCUT2D eigenvalue weighted by Crippen LogP contribution is 2.18. The van der Waals surface area contributed by atoms with E-state index in [0.717, 1.165) is 0 Å². The third-order valence-corrected chi connectivity index (χ3v) is 4.34. The van der Waals surface area contributed by atoms with Crippen molar-refractivity contribution in [1.29, 1.82) is 0 Å². The second-order valence-corrected chi connectivity index (χ2v) is 6.36. The summed E-state index contributed by atoms with van der Waals surface area (Å²) in [5, 5.41) is 3.13. The lowest BCUT2D eigenvalue weighted by atomic mass is 9.97. The Labute approximate surface area is 157 Å². The number of likely N-dealkylation sites (tertiary alicyclic amines) is 1. The van der Waals surface area contributed by atoms with Crippen molar-refractivity contribution in [2.75, 3.05) is 32.8 Å². The van der Waals surface area contributed by atoms with Gasteiger partial charge in [-0.3, -0.25) is 14.4 Å². The Bertz CT molecular complexity index is 627. The van der Waals surface area contributed by atoms with Gasteiger partial charge in [0, 0.05) is 18.1 Å². The van der Waals surface area contributed by atoms with Gasteiger partial charge in [0.05, 0.1) is 19.1 Å². The lowest BCUT2D eigenvalue weighted by molar-refractivity contribution is -0.151. The Hall–Kier alpha value is -2.28. The molecule has 1 aromatic carbocycles. The second-order valence-electron chi connectivity index (χ2n) is 5.93. The fourth-order valence-corrected chi connectivity index (χ4v) is 2.77. The zero-order chi connectivity index (χ0) is 18.9. The molecule has 0 unspecified atom stereocenters. The molecule has 0 aliphatic carbocycles. The summed E-state index contributed by atoms with van der Waals surface area (Å²) in [4.78, 5) is 37.3. The first-order chi connectivity index (χ1) is 12.5. The smallest absolute Gasteiger partial charge is 0.309 e. The molecule has 0 atom stereocenters. The molecule has 7 nitrogen and oxygen atoms in total. The standard InChI is InChI=1S/C18H23ClN2O5/c1-2-25-18(24)13-7-9-21(10-8-13)17(23)11-20-16(22)12-26-15-5-3-14(19)4-6-15/h3-6,13H,2,7-12H2,1H3,(H,20,22). The maximum atomic E-state index is 12.2. The number of hydrogen-bond donors (Lipinski definition) is 1. The van der Waals surface area contributed by atoms with Gasteiger partial charge in [0.25, 0.3) is 5.91 Å². The minimum Gasteiger partial charge on any atom is -0.484 e. The quantitative estimate of drug-likeness (QED) is 0.724. The third-order valence-electron chi connectivity index (χ3n) is 4.09. The van der Waals surface area contributed by atoms with E-state index >= 15 is 0 Å². The topological polar surface area (TPSA) is 84.9 Å². The van der Waals surface area contributed by atoms with Crippen molar-refractivity contribution in [3.63, 3.8) is 0 Å². The molecule has 0 spiro atoms. The fourth-order valence-electron chi connectivity index (χ4n) is 2.64. The van der Waals surface area contributed by atoms with Crippen LogP contribution in [0.1, 0.15) is 19.8 Å². The molecule has 1 aromatic rings. The number of carbonyl (C=O) groups is 3. The van der Waals surface area contributed by atoms with Crippen LogP contribution in [0.5, 0.6) is 5.75 Å². The lowest BCUT2D eigenvalue weighted by Crippen LogP contribution is -2.45. The van der Waals surface area contributed by atoms with Gasteiger partial charge in [0.1, 0.15) is 5.75 Å². The number of rotatable bonds is 7. The molecule has 1 N–H and O–H groups in total. The highest BCUT2D eigenvalue weighted by molar-refractivity contribution is 6.30. The van der Waals surface area contributed by atoms with E-state index in [9.17, 15) is 14.4 Å². The lowest BCUT2D eigenvalue weighted by Gasteiger charge is -2.30. The molecule has 2 amide bonds. The van der Waals surface area contributed by atoms with E-state index < -0.39 is 0 Å². The van der Waals surface area contributed by atoms with Gasteiger partial charge >= 0.3 is 5.97 Å². The third kappa shape index (κ3) is 6.22. The van der Waals surface area contributed by atoms with Gasteiger partial charge in [-0.25, -0.2) is 0 Å². The summed E-state index contributed by atoms with van der Waals surface area (Å²) in [6, 6.07) is 6.65. The summed E-state index contributed by atoms with van der Waals surface area (Å²) < 4.78 is 10.3. The Kier molecular flexibility index (Phi) is 7.72. The van der Waals surface area contributed by atoms with Crippen molar-refractivity contribution in [2.24, 2.45) is 5.92 Å². The van der Waals surface area contributed by atoms with Gasteiger partial charge in [-0.2, -0.15) is 0 Å². The number of amides is 2. The van der Waals surface area contributed by atoms with Crippen LogP contribution in [-0.4, -0.2) is 55.5 Å². The van der Waals surface area contributed by atoms with Crippen LogP contribution in [0.15, 0.2) is 24.3 Å². The Morgan fingerprint density at radius 3 is 2.46 bits per heavy atom. The van der Waals surface area contributed by atoms with Crippen LogP contribution in [-0.2, 0) is 19.1 Å². The fraction of sp³-hybridized carbons (Fsp3) is 0.500. The van der Waals surface area contributed by atoms with Crippen LogP contribution in [0.25, 0.3) is 0 Å². The predicted molar refractivity (Wildman–Crippen MR) is 95.9 cm³/mol. The summed E-state index contributed by atoms with van der Waals surface area (Å²) in [5.41, 5.74) is 0. The number of benzene rings is 1. The average Bonchev–Trinajstić information content (AvgIpc) is 2.66. The number of halogens is 1. The van der Waals surface area contributed by atoms with Crippen molar-refractivity contribution in [2.45, 2.75) is 19.8 Å². The van der Waals surface area contributed by atoms with E-state index in [1.54, 1.807) is 36.1 Å². The first-order valence-electron chi connectivity index (χ1n) is 8.59. The Morgan fingerprint density at radius 2 is 1.85 bits per heavy atom. The highest BCUT2D eigenvalue weighted by atomic mass is 35.5. The van der Waals surface area contributed by atoms with E-state index in [2.05, 4.69) is 5.32 Å². The van der Waals surface area contributed by atoms with Gasteiger partial charge in [-0.1, -0.05) is 11.6 Å². The van der Waals surface area contributed by atoms with Crippen molar-refractivity contribution >= 4 is 29.4 Å². The molecule has 0 radical (unpaired) electrons. The summed E-state index contributed by atoms with van der Waals surface area (Å²) in [6.07, 6.45) is 1.16. The van der Waals surface area contributed by atoms with Crippen LogP contribution in [0, 0.1) is 5.92 Å². The maximum Gasteiger partial charge on any atom is 0.309 e. The number of carbonyl (C=O) groups excluding carboxylic acids is 3. The second kappa shape index (κ2) is 10.0. The minimum atomic E-state index is -0.380. The molecular formula is C18H23ClN2O5. The first kappa shape index (κ1) is 20.0. The van der Waals surface area contributed by atoms with Crippen LogP contribution < -0.4 is 10.1 Å². The van der Waals surface area contributed by atoms with Crippen molar-refractivity contribution in [3.05, 3.63) is 29.3 Å². The number of esters is 1. The van der Waals surface area contributed by atoms with Gasteiger partial charge in [-0.15, -0.1) is 0 Å². The number of nitrogens with zero attached hydrogens (tertiary/aromatic N) is 1. The summed E-state index contributed by atoms with van der Waals surface area (Å²) >= 11 is 5.77. The van der Waals surface area contributed by atoms with Crippen LogP contribution in [0.3, 0.4) is 0 Å². The molecule has 1 aliphatic rings. The summed E-state index contributed by atoms with van der Waals surface area (Å²) in [7, 11) is 0. The predicted octanol–water partition coefficient (Wildman–Crippen LogP) is 1.64. The van der Waals surface area contributed by atoms with E-state index in [4.69, 9.17) is 21.1 Å². The van der Waals surface area contributed by atoms with Crippen LogP contribution >= 0.6 is 11.6 Å². The molecule has 1 saturated heterocycles. The number of ether oxygens (including phenoxy) is 2. The van der Waals surface area contributed by atoms with Gasteiger partial charge in [-0.05, 0) is 44.0 Å². The zero-order valence-corrected chi connectivity index (χ0v) is 15.5. The molecule has 1 heterocycles. The highest BCUT2D eigenvalue weighted by Gasteiger charge is 2.28. The molecule has 8 heteroatoms. The average molecular weight is 383 g/mol. The number of nitrogens with one attached hydrogen (secondary N) is 1. The molecule has 2 rings (SSSR count). The van der Waals surface area contributed by atoms with E-state index in [0.29, 0.717) is 43.3 Å². The Balaban J connectivity index is 1.66. The monoisotopic (exact) mass is 382 g/mol. The zero-order valence-electron chi connectivity index (χ0n) is 14.7. The molecule has 1 fully saturated rings. The normalized spacial score (nSPS) is 14.6. The van der Waals surface area contributed by atoms with E-state index in [1.807, 2.05) is 0 Å². The van der Waals surface area contributed by atoms with Gasteiger partial charge in [0.15, 0.2) is 6.61 Å². The van der Waals surface area contributed by atoms with Gasteiger partial charge in [0.2, 0.25) is 5.91 Å². The molecule has 1 aliphatic heterocycles. The molecular weight excluding hydrogens is 360 g/mol. The van der Waals surface area contributed by atoms with E-state index in [-0.39, 0.29) is 36.9 Å². The number of piperidine rings is 1. The maximum absolute atomic E-state index is 12.2. The molecule has 0 bridgehead atoms.